The maximum absolute atomic E-state index is 5.64. The second-order valence-electron chi connectivity index (χ2n) is 10.0. The molecule has 41 heavy (non-hydrogen) atoms. The van der Waals surface area contributed by atoms with Crippen LogP contribution in [0.25, 0.3) is 0 Å². The lowest BCUT2D eigenvalue weighted by molar-refractivity contribution is -0.0236. The highest BCUT2D eigenvalue weighted by Gasteiger charge is 1.97. The number of benzene rings is 1. The Bertz CT molecular complexity index is 604. The van der Waals surface area contributed by atoms with Gasteiger partial charge in [0.15, 0.2) is 0 Å². The molecule has 0 heterocycles. The van der Waals surface area contributed by atoms with Gasteiger partial charge in [0.2, 0.25) is 0 Å². The van der Waals surface area contributed by atoms with Crippen molar-refractivity contribution in [3.05, 3.63) is 35.9 Å². The Morgan fingerprint density at radius 2 is 0.659 bits per heavy atom. The molecule has 0 saturated heterocycles. The van der Waals surface area contributed by atoms with Crippen LogP contribution in [0.4, 0.5) is 0 Å². The minimum atomic E-state index is 0.542. The molecular formula is C33H60O8. The van der Waals surface area contributed by atoms with E-state index < -0.39 is 0 Å². The third kappa shape index (κ3) is 30.2. The molecule has 0 aliphatic heterocycles. The van der Waals surface area contributed by atoms with Gasteiger partial charge in [-0.1, -0.05) is 95.0 Å². The number of ether oxygens (including phenoxy) is 8. The molecule has 8 nitrogen and oxygen atoms in total. The number of hydrogen-bond donors (Lipinski definition) is 0. The zero-order chi connectivity index (χ0) is 29.2. The standard InChI is InChI=1S/C33H60O8/c1-2-3-4-5-6-7-8-9-10-14-17-34-18-19-35-20-21-36-22-23-37-24-25-38-26-27-39-28-29-40-30-31-41-32-33-15-12-11-13-16-33/h11-13,15-16H,2-10,14,17-32H2,1H3. The molecule has 0 atom stereocenters. The van der Waals surface area contributed by atoms with Crippen LogP contribution in [-0.2, 0) is 44.5 Å². The molecule has 8 heteroatoms. The van der Waals surface area contributed by atoms with E-state index in [0.717, 1.165) is 13.0 Å². The highest BCUT2D eigenvalue weighted by molar-refractivity contribution is 5.13. The molecule has 1 rings (SSSR count). The molecule has 0 fully saturated rings. The van der Waals surface area contributed by atoms with Crippen LogP contribution in [0.15, 0.2) is 30.3 Å². The van der Waals surface area contributed by atoms with Gasteiger partial charge >= 0.3 is 0 Å². The van der Waals surface area contributed by atoms with E-state index in [0.29, 0.717) is 99.1 Å². The van der Waals surface area contributed by atoms with Gasteiger partial charge in [0.05, 0.1) is 99.1 Å². The molecule has 0 radical (unpaired) electrons. The summed E-state index contributed by atoms with van der Waals surface area (Å²) in [5.41, 5.74) is 1.17. The van der Waals surface area contributed by atoms with Crippen LogP contribution in [0.1, 0.15) is 76.7 Å². The van der Waals surface area contributed by atoms with E-state index in [1.54, 1.807) is 0 Å². The van der Waals surface area contributed by atoms with E-state index in [1.165, 1.54) is 63.4 Å². The first-order valence-corrected chi connectivity index (χ1v) is 16.1. The fourth-order valence-electron chi connectivity index (χ4n) is 4.00. The number of hydrogen-bond acceptors (Lipinski definition) is 8. The average molecular weight is 585 g/mol. The van der Waals surface area contributed by atoms with Crippen molar-refractivity contribution in [1.29, 1.82) is 0 Å². The predicted octanol–water partition coefficient (Wildman–Crippen LogP) is 6.24. The summed E-state index contributed by atoms with van der Waals surface area (Å²) in [6.07, 6.45) is 13.5. The molecule has 1 aromatic rings. The molecule has 0 aromatic heterocycles. The van der Waals surface area contributed by atoms with Crippen molar-refractivity contribution in [3.63, 3.8) is 0 Å². The Balaban J connectivity index is 1.61. The van der Waals surface area contributed by atoms with Crippen LogP contribution in [-0.4, -0.2) is 99.1 Å². The number of unbranched alkanes of at least 4 members (excludes halogenated alkanes) is 9. The van der Waals surface area contributed by atoms with Gasteiger partial charge < -0.3 is 37.9 Å². The maximum Gasteiger partial charge on any atom is 0.0718 e. The molecule has 0 aliphatic carbocycles. The van der Waals surface area contributed by atoms with E-state index in [-0.39, 0.29) is 0 Å². The number of rotatable bonds is 34. The molecule has 1 aromatic carbocycles. The predicted molar refractivity (Wildman–Crippen MR) is 164 cm³/mol. The van der Waals surface area contributed by atoms with Gasteiger partial charge in [-0.15, -0.1) is 0 Å². The molecule has 0 amide bonds. The topological polar surface area (TPSA) is 73.8 Å². The normalized spacial score (nSPS) is 11.4. The van der Waals surface area contributed by atoms with Crippen LogP contribution >= 0.6 is 0 Å². The quantitative estimate of drug-likeness (QED) is 0.0882. The Labute approximate surface area is 250 Å². The first-order valence-electron chi connectivity index (χ1n) is 16.1. The van der Waals surface area contributed by atoms with Gasteiger partial charge in [-0.05, 0) is 12.0 Å². The first-order chi connectivity index (χ1) is 20.4. The van der Waals surface area contributed by atoms with E-state index in [9.17, 15) is 0 Å². The zero-order valence-corrected chi connectivity index (χ0v) is 26.0. The highest BCUT2D eigenvalue weighted by atomic mass is 16.6. The Morgan fingerprint density at radius 1 is 0.341 bits per heavy atom. The van der Waals surface area contributed by atoms with Crippen LogP contribution < -0.4 is 0 Å². The fraction of sp³-hybridized carbons (Fsp3) is 0.818. The summed E-state index contributed by atoms with van der Waals surface area (Å²) in [6.45, 7) is 11.7. The van der Waals surface area contributed by atoms with Crippen molar-refractivity contribution in [3.8, 4) is 0 Å². The van der Waals surface area contributed by atoms with Crippen LogP contribution in [0.2, 0.25) is 0 Å². The summed E-state index contributed by atoms with van der Waals surface area (Å²) < 4.78 is 44.3. The third-order valence-corrected chi connectivity index (χ3v) is 6.36. The van der Waals surface area contributed by atoms with Crippen LogP contribution in [0.5, 0.6) is 0 Å². The largest absolute Gasteiger partial charge is 0.379 e. The molecule has 0 aliphatic rings. The minimum absolute atomic E-state index is 0.542. The van der Waals surface area contributed by atoms with Gasteiger partial charge in [0.1, 0.15) is 0 Å². The van der Waals surface area contributed by atoms with Crippen molar-refractivity contribution in [2.45, 2.75) is 77.7 Å². The van der Waals surface area contributed by atoms with Crippen LogP contribution in [0.3, 0.4) is 0 Å². The Hall–Kier alpha value is -1.10. The summed E-state index contributed by atoms with van der Waals surface area (Å²) in [7, 11) is 0. The second kappa shape index (κ2) is 33.4. The second-order valence-corrected chi connectivity index (χ2v) is 10.0. The van der Waals surface area contributed by atoms with Crippen LogP contribution in [0, 0.1) is 0 Å². The zero-order valence-electron chi connectivity index (χ0n) is 26.0. The summed E-state index contributed by atoms with van der Waals surface area (Å²) in [6, 6.07) is 10.1. The van der Waals surface area contributed by atoms with Gasteiger partial charge in [0, 0.05) is 6.61 Å². The summed E-state index contributed by atoms with van der Waals surface area (Å²) in [5.74, 6) is 0. The maximum atomic E-state index is 5.64. The van der Waals surface area contributed by atoms with Crippen molar-refractivity contribution in [1.82, 2.24) is 0 Å². The molecular weight excluding hydrogens is 524 g/mol. The van der Waals surface area contributed by atoms with Crippen molar-refractivity contribution in [2.75, 3.05) is 99.1 Å². The first kappa shape index (κ1) is 37.9. The summed E-state index contributed by atoms with van der Waals surface area (Å²) >= 11 is 0. The highest BCUT2D eigenvalue weighted by Crippen LogP contribution is 2.10. The summed E-state index contributed by atoms with van der Waals surface area (Å²) in [4.78, 5) is 0. The molecule has 0 unspecified atom stereocenters. The lowest BCUT2D eigenvalue weighted by atomic mass is 10.1. The smallest absolute Gasteiger partial charge is 0.0718 e. The molecule has 0 bridgehead atoms. The monoisotopic (exact) mass is 584 g/mol. The molecule has 0 saturated carbocycles. The van der Waals surface area contributed by atoms with Crippen molar-refractivity contribution >= 4 is 0 Å². The third-order valence-electron chi connectivity index (χ3n) is 6.36. The lowest BCUT2D eigenvalue weighted by Crippen LogP contribution is -2.15. The van der Waals surface area contributed by atoms with E-state index in [2.05, 4.69) is 6.92 Å². The fourth-order valence-corrected chi connectivity index (χ4v) is 4.00. The van der Waals surface area contributed by atoms with Crippen molar-refractivity contribution < 1.29 is 37.9 Å². The van der Waals surface area contributed by atoms with E-state index in [4.69, 9.17) is 37.9 Å². The minimum Gasteiger partial charge on any atom is -0.379 e. The van der Waals surface area contributed by atoms with Gasteiger partial charge in [-0.25, -0.2) is 0 Å². The van der Waals surface area contributed by atoms with Gasteiger partial charge in [-0.3, -0.25) is 0 Å². The van der Waals surface area contributed by atoms with Gasteiger partial charge in [-0.2, -0.15) is 0 Å². The molecule has 0 N–H and O–H groups in total. The summed E-state index contributed by atoms with van der Waals surface area (Å²) in [5, 5.41) is 0. The molecule has 240 valence electrons. The van der Waals surface area contributed by atoms with E-state index in [1.807, 2.05) is 30.3 Å². The van der Waals surface area contributed by atoms with E-state index >= 15 is 0 Å². The van der Waals surface area contributed by atoms with Crippen molar-refractivity contribution in [2.24, 2.45) is 0 Å². The molecule has 0 spiro atoms. The van der Waals surface area contributed by atoms with Gasteiger partial charge in [0.25, 0.3) is 0 Å². The SMILES string of the molecule is CCCCCCCCCCCCOCCOCCOCCOCCOCCOCCOCCOCc1ccccc1. The Kier molecular flexibility index (Phi) is 30.9. The average Bonchev–Trinajstić information content (AvgIpc) is 3.00. The lowest BCUT2D eigenvalue weighted by Gasteiger charge is -2.09. The Morgan fingerprint density at radius 3 is 1.05 bits per heavy atom.